The molecule has 0 saturated carbocycles. The Balaban J connectivity index is 2.73. The van der Waals surface area contributed by atoms with Crippen molar-refractivity contribution in [3.05, 3.63) is 22.2 Å². The van der Waals surface area contributed by atoms with Gasteiger partial charge in [-0.05, 0) is 53.7 Å². The lowest BCUT2D eigenvalue weighted by molar-refractivity contribution is 0.0997. The van der Waals surface area contributed by atoms with Gasteiger partial charge in [0, 0.05) is 28.1 Å². The van der Waals surface area contributed by atoms with Crippen LogP contribution in [0.1, 0.15) is 12.5 Å². The van der Waals surface area contributed by atoms with E-state index >= 15 is 0 Å². The summed E-state index contributed by atoms with van der Waals surface area (Å²) in [5.74, 6) is 0.700. The Kier molecular flexibility index (Phi) is 5.16. The molecule has 0 radical (unpaired) electrons. The van der Waals surface area contributed by atoms with E-state index in [1.807, 2.05) is 32.2 Å². The molecular weight excluding hydrogens is 300 g/mol. The summed E-state index contributed by atoms with van der Waals surface area (Å²) in [4.78, 5) is 0. The minimum Gasteiger partial charge on any atom is -0.398 e. The number of rotatable bonds is 5. The smallest absolute Gasteiger partial charge is 0.0880 e. The second kappa shape index (κ2) is 5.98. The zero-order valence-electron chi connectivity index (χ0n) is 10.4. The van der Waals surface area contributed by atoms with Gasteiger partial charge in [0.15, 0.2) is 0 Å². The molecule has 0 aliphatic rings. The van der Waals surface area contributed by atoms with Crippen LogP contribution >= 0.6 is 27.7 Å². The second-order valence-electron chi connectivity index (χ2n) is 4.47. The van der Waals surface area contributed by atoms with Gasteiger partial charge in [-0.25, -0.2) is 0 Å². The van der Waals surface area contributed by atoms with Gasteiger partial charge in [-0.1, -0.05) is 0 Å². The predicted molar refractivity (Wildman–Crippen MR) is 80.8 cm³/mol. The molecule has 0 fully saturated rings. The summed E-state index contributed by atoms with van der Waals surface area (Å²) < 4.78 is 0.917. The third-order valence-corrected chi connectivity index (χ3v) is 4.04. The molecule has 0 saturated heterocycles. The van der Waals surface area contributed by atoms with Crippen LogP contribution in [-0.4, -0.2) is 29.3 Å². The Bertz CT molecular complexity index is 396. The third-order valence-electron chi connectivity index (χ3n) is 2.47. The van der Waals surface area contributed by atoms with Gasteiger partial charge in [-0.3, -0.25) is 0 Å². The molecule has 1 aromatic rings. The highest BCUT2D eigenvalue weighted by atomic mass is 79.9. The molecule has 0 bridgehead atoms. The fraction of sp³-hybridized carbons (Fsp3) is 0.500. The molecule has 0 amide bonds. The van der Waals surface area contributed by atoms with Crippen LogP contribution in [0, 0.1) is 6.92 Å². The number of hydrogen-bond acceptors (Lipinski definition) is 4. The molecule has 5 heteroatoms. The molecule has 1 aromatic carbocycles. The predicted octanol–water partition coefficient (Wildman–Crippen LogP) is 2.87. The maximum atomic E-state index is 10.1. The molecule has 0 heterocycles. The number of nitrogens with one attached hydrogen (secondary N) is 1. The molecule has 96 valence electrons. The number of halogens is 1. The SMILES string of the molecule is CSCC(C)(O)CNc1cc(C)c(N)cc1Br. The Morgan fingerprint density at radius 1 is 1.53 bits per heavy atom. The Labute approximate surface area is 115 Å². The van der Waals surface area contributed by atoms with Crippen LogP contribution in [0.2, 0.25) is 0 Å². The molecular formula is C12H19BrN2OS. The van der Waals surface area contributed by atoms with Gasteiger partial charge < -0.3 is 16.2 Å². The first-order chi connectivity index (χ1) is 7.85. The van der Waals surface area contributed by atoms with Crippen LogP contribution in [0.3, 0.4) is 0 Å². The fourth-order valence-corrected chi connectivity index (χ4v) is 2.71. The summed E-state index contributed by atoms with van der Waals surface area (Å²) in [5.41, 5.74) is 7.84. The van der Waals surface area contributed by atoms with Crippen LogP contribution in [-0.2, 0) is 0 Å². The summed E-state index contributed by atoms with van der Waals surface area (Å²) in [6.07, 6.45) is 1.98. The molecule has 0 aliphatic heterocycles. The Hall–Kier alpha value is -0.390. The first kappa shape index (κ1) is 14.7. The Morgan fingerprint density at radius 2 is 2.18 bits per heavy atom. The average Bonchev–Trinajstić information content (AvgIpc) is 2.21. The molecule has 1 rings (SSSR count). The summed E-state index contributed by atoms with van der Waals surface area (Å²) in [6.45, 7) is 4.30. The average molecular weight is 319 g/mol. The highest BCUT2D eigenvalue weighted by Crippen LogP contribution is 2.28. The second-order valence-corrected chi connectivity index (χ2v) is 6.19. The van der Waals surface area contributed by atoms with Crippen LogP contribution < -0.4 is 11.1 Å². The maximum Gasteiger partial charge on any atom is 0.0880 e. The summed E-state index contributed by atoms with van der Waals surface area (Å²) in [5, 5.41) is 13.3. The van der Waals surface area contributed by atoms with Gasteiger partial charge in [-0.15, -0.1) is 0 Å². The van der Waals surface area contributed by atoms with Gasteiger partial charge in [-0.2, -0.15) is 11.8 Å². The minimum atomic E-state index is -0.714. The molecule has 0 aromatic heterocycles. The van der Waals surface area contributed by atoms with Crippen molar-refractivity contribution >= 4 is 39.1 Å². The van der Waals surface area contributed by atoms with Crippen LogP contribution in [0.25, 0.3) is 0 Å². The third kappa shape index (κ3) is 4.41. The molecule has 3 nitrogen and oxygen atoms in total. The minimum absolute atomic E-state index is 0.510. The largest absolute Gasteiger partial charge is 0.398 e. The number of aliphatic hydroxyl groups is 1. The van der Waals surface area contributed by atoms with Crippen molar-refractivity contribution in [2.75, 3.05) is 29.6 Å². The molecule has 0 spiro atoms. The van der Waals surface area contributed by atoms with E-state index in [0.717, 1.165) is 21.4 Å². The van der Waals surface area contributed by atoms with E-state index in [0.29, 0.717) is 12.3 Å². The van der Waals surface area contributed by atoms with Crippen molar-refractivity contribution in [1.82, 2.24) is 0 Å². The monoisotopic (exact) mass is 318 g/mol. The number of nitrogens with two attached hydrogens (primary N) is 1. The van der Waals surface area contributed by atoms with Crippen molar-refractivity contribution in [3.8, 4) is 0 Å². The van der Waals surface area contributed by atoms with E-state index < -0.39 is 5.60 Å². The standard InChI is InChI=1S/C12H19BrN2OS/c1-8-4-11(9(13)5-10(8)14)15-6-12(2,16)7-17-3/h4-5,15-16H,6-7,14H2,1-3H3. The van der Waals surface area contributed by atoms with E-state index in [1.54, 1.807) is 11.8 Å². The van der Waals surface area contributed by atoms with Crippen molar-refractivity contribution in [1.29, 1.82) is 0 Å². The van der Waals surface area contributed by atoms with Gasteiger partial charge in [0.25, 0.3) is 0 Å². The topological polar surface area (TPSA) is 58.3 Å². The summed E-state index contributed by atoms with van der Waals surface area (Å²) in [7, 11) is 0. The van der Waals surface area contributed by atoms with Gasteiger partial charge in [0.2, 0.25) is 0 Å². The lowest BCUT2D eigenvalue weighted by atomic mass is 10.1. The van der Waals surface area contributed by atoms with Crippen LogP contribution in [0.15, 0.2) is 16.6 Å². The zero-order valence-corrected chi connectivity index (χ0v) is 12.8. The normalized spacial score (nSPS) is 14.4. The van der Waals surface area contributed by atoms with Crippen molar-refractivity contribution in [2.24, 2.45) is 0 Å². The van der Waals surface area contributed by atoms with Gasteiger partial charge in [0.1, 0.15) is 0 Å². The lowest BCUT2D eigenvalue weighted by Crippen LogP contribution is -2.36. The number of anilines is 2. The molecule has 0 aliphatic carbocycles. The first-order valence-corrected chi connectivity index (χ1v) is 7.55. The number of hydrogen-bond donors (Lipinski definition) is 3. The quantitative estimate of drug-likeness (QED) is 0.731. The highest BCUT2D eigenvalue weighted by molar-refractivity contribution is 9.10. The molecule has 1 unspecified atom stereocenters. The molecule has 17 heavy (non-hydrogen) atoms. The lowest BCUT2D eigenvalue weighted by Gasteiger charge is -2.23. The number of aryl methyl sites for hydroxylation is 1. The van der Waals surface area contributed by atoms with Crippen molar-refractivity contribution in [3.63, 3.8) is 0 Å². The maximum absolute atomic E-state index is 10.1. The van der Waals surface area contributed by atoms with Crippen LogP contribution in [0.4, 0.5) is 11.4 Å². The van der Waals surface area contributed by atoms with Gasteiger partial charge in [0.05, 0.1) is 5.60 Å². The van der Waals surface area contributed by atoms with Crippen molar-refractivity contribution in [2.45, 2.75) is 19.4 Å². The van der Waals surface area contributed by atoms with E-state index in [-0.39, 0.29) is 0 Å². The molecule has 1 atom stereocenters. The van der Waals surface area contributed by atoms with E-state index in [4.69, 9.17) is 5.73 Å². The van der Waals surface area contributed by atoms with E-state index in [1.165, 1.54) is 0 Å². The van der Waals surface area contributed by atoms with Gasteiger partial charge >= 0.3 is 0 Å². The van der Waals surface area contributed by atoms with Crippen LogP contribution in [0.5, 0.6) is 0 Å². The summed E-state index contributed by atoms with van der Waals surface area (Å²) in [6, 6.07) is 3.86. The fourth-order valence-electron chi connectivity index (χ4n) is 1.48. The number of thioether (sulfide) groups is 1. The summed E-state index contributed by atoms with van der Waals surface area (Å²) >= 11 is 5.09. The molecule has 4 N–H and O–H groups in total. The first-order valence-electron chi connectivity index (χ1n) is 5.36. The number of benzene rings is 1. The Morgan fingerprint density at radius 3 is 2.76 bits per heavy atom. The van der Waals surface area contributed by atoms with E-state index in [2.05, 4.69) is 21.2 Å². The highest BCUT2D eigenvalue weighted by Gasteiger charge is 2.19. The van der Waals surface area contributed by atoms with E-state index in [9.17, 15) is 5.11 Å². The number of nitrogen functional groups attached to an aromatic ring is 1. The zero-order chi connectivity index (χ0) is 13.1. The van der Waals surface area contributed by atoms with Crippen molar-refractivity contribution < 1.29 is 5.11 Å².